The van der Waals surface area contributed by atoms with Crippen molar-refractivity contribution in [3.8, 4) is 11.5 Å². The minimum Gasteiger partial charge on any atom is -0.478 e. The largest absolute Gasteiger partial charge is 0.478 e. The van der Waals surface area contributed by atoms with Gasteiger partial charge < -0.3 is 9.84 Å². The zero-order chi connectivity index (χ0) is 15.4. The van der Waals surface area contributed by atoms with E-state index in [1.807, 2.05) is 0 Å². The van der Waals surface area contributed by atoms with Gasteiger partial charge in [-0.3, -0.25) is 0 Å². The van der Waals surface area contributed by atoms with Crippen LogP contribution in [0.4, 0.5) is 8.78 Å². The van der Waals surface area contributed by atoms with Crippen LogP contribution in [0.15, 0.2) is 42.5 Å². The third-order valence-corrected chi connectivity index (χ3v) is 2.68. The van der Waals surface area contributed by atoms with Gasteiger partial charge in [0.1, 0.15) is 23.1 Å². The van der Waals surface area contributed by atoms with Gasteiger partial charge in [0.25, 0.3) is 0 Å². The molecule has 3 nitrogen and oxygen atoms in total. The number of benzene rings is 2. The van der Waals surface area contributed by atoms with Gasteiger partial charge in [0.15, 0.2) is 0 Å². The molecule has 0 aliphatic heterocycles. The fraction of sp³-hybridized carbons (Fsp3) is 0. The maximum absolute atomic E-state index is 13.1. The molecule has 108 valence electrons. The zero-order valence-electron chi connectivity index (χ0n) is 10.5. The molecular formula is C15H9ClF2O3. The van der Waals surface area contributed by atoms with Gasteiger partial charge in [-0.1, -0.05) is 11.6 Å². The standard InChI is InChI=1S/C15H9ClF2O3/c16-10-2-3-14(9(5-10)1-4-15(19)20)21-13-7-11(17)6-12(18)8-13/h1-8H,(H,19,20)/b4-1+. The topological polar surface area (TPSA) is 46.5 Å². The lowest BCUT2D eigenvalue weighted by molar-refractivity contribution is -0.131. The minimum absolute atomic E-state index is 0.0419. The summed E-state index contributed by atoms with van der Waals surface area (Å²) in [4.78, 5) is 10.6. The Morgan fingerprint density at radius 3 is 2.43 bits per heavy atom. The Balaban J connectivity index is 2.36. The summed E-state index contributed by atoms with van der Waals surface area (Å²) in [5.41, 5.74) is 0.370. The maximum atomic E-state index is 13.1. The van der Waals surface area contributed by atoms with E-state index in [4.69, 9.17) is 21.4 Å². The normalized spacial score (nSPS) is 10.8. The number of rotatable bonds is 4. The van der Waals surface area contributed by atoms with Crippen LogP contribution in [0, 0.1) is 11.6 Å². The van der Waals surface area contributed by atoms with E-state index in [2.05, 4.69) is 0 Å². The highest BCUT2D eigenvalue weighted by molar-refractivity contribution is 6.30. The number of hydrogen-bond donors (Lipinski definition) is 1. The van der Waals surface area contributed by atoms with E-state index >= 15 is 0 Å². The van der Waals surface area contributed by atoms with Crippen molar-refractivity contribution in [3.05, 3.63) is 64.7 Å². The molecule has 6 heteroatoms. The SMILES string of the molecule is O=C(O)/C=C/c1cc(Cl)ccc1Oc1cc(F)cc(F)c1. The maximum Gasteiger partial charge on any atom is 0.328 e. The first-order valence-electron chi connectivity index (χ1n) is 5.78. The van der Waals surface area contributed by atoms with E-state index in [1.54, 1.807) is 0 Å². The summed E-state index contributed by atoms with van der Waals surface area (Å²) in [6.45, 7) is 0. The zero-order valence-corrected chi connectivity index (χ0v) is 11.3. The second kappa shape index (κ2) is 6.37. The lowest BCUT2D eigenvalue weighted by Gasteiger charge is -2.09. The molecule has 21 heavy (non-hydrogen) atoms. The van der Waals surface area contributed by atoms with Crippen LogP contribution in [0.1, 0.15) is 5.56 Å². The molecule has 0 bridgehead atoms. The number of halogens is 3. The summed E-state index contributed by atoms with van der Waals surface area (Å²) in [6, 6.07) is 7.23. The van der Waals surface area contributed by atoms with Crippen LogP contribution in [-0.4, -0.2) is 11.1 Å². The first-order chi connectivity index (χ1) is 9.94. The smallest absolute Gasteiger partial charge is 0.328 e. The summed E-state index contributed by atoms with van der Waals surface area (Å²) in [6.07, 6.45) is 2.18. The number of carbonyl (C=O) groups is 1. The molecule has 2 aromatic rings. The number of ether oxygens (including phenoxy) is 1. The third-order valence-electron chi connectivity index (χ3n) is 2.44. The Kier molecular flexibility index (Phi) is 4.55. The van der Waals surface area contributed by atoms with Crippen molar-refractivity contribution in [1.29, 1.82) is 0 Å². The summed E-state index contributed by atoms with van der Waals surface area (Å²) in [5, 5.41) is 9.01. The Morgan fingerprint density at radius 1 is 1.14 bits per heavy atom. The summed E-state index contributed by atoms with van der Waals surface area (Å²) < 4.78 is 31.6. The van der Waals surface area contributed by atoms with Crippen LogP contribution >= 0.6 is 11.6 Å². The van der Waals surface area contributed by atoms with E-state index in [1.165, 1.54) is 24.3 Å². The molecule has 0 saturated heterocycles. The van der Waals surface area contributed by atoms with Crippen molar-refractivity contribution >= 4 is 23.6 Å². The molecule has 2 rings (SSSR count). The van der Waals surface area contributed by atoms with Gasteiger partial charge in [-0.15, -0.1) is 0 Å². The highest BCUT2D eigenvalue weighted by atomic mass is 35.5. The van der Waals surface area contributed by atoms with Gasteiger partial charge in [-0.25, -0.2) is 13.6 Å². The molecule has 0 atom stereocenters. The number of hydrogen-bond acceptors (Lipinski definition) is 2. The molecule has 0 unspecified atom stereocenters. The first-order valence-corrected chi connectivity index (χ1v) is 6.16. The van der Waals surface area contributed by atoms with Crippen molar-refractivity contribution in [1.82, 2.24) is 0 Å². The summed E-state index contributed by atoms with van der Waals surface area (Å²) >= 11 is 5.83. The summed E-state index contributed by atoms with van der Waals surface area (Å²) in [5.74, 6) is -2.51. The highest BCUT2D eigenvalue weighted by Gasteiger charge is 2.07. The van der Waals surface area contributed by atoms with Crippen LogP contribution in [0.2, 0.25) is 5.02 Å². The Labute approximate surface area is 124 Å². The molecule has 0 aliphatic carbocycles. The molecule has 0 saturated carbocycles. The molecule has 0 aromatic heterocycles. The number of aliphatic carboxylic acids is 1. The van der Waals surface area contributed by atoms with Crippen molar-refractivity contribution in [2.24, 2.45) is 0 Å². The van der Waals surface area contributed by atoms with Gasteiger partial charge in [0.2, 0.25) is 0 Å². The predicted octanol–water partition coefficient (Wildman–Crippen LogP) is 4.51. The molecule has 0 aliphatic rings. The van der Waals surface area contributed by atoms with E-state index < -0.39 is 17.6 Å². The van der Waals surface area contributed by atoms with E-state index in [0.717, 1.165) is 24.3 Å². The molecule has 1 N–H and O–H groups in total. The van der Waals surface area contributed by atoms with E-state index in [-0.39, 0.29) is 11.5 Å². The second-order valence-corrected chi connectivity index (χ2v) is 4.50. The monoisotopic (exact) mass is 310 g/mol. The van der Waals surface area contributed by atoms with Crippen molar-refractivity contribution in [2.45, 2.75) is 0 Å². The van der Waals surface area contributed by atoms with Gasteiger partial charge in [-0.05, 0) is 24.3 Å². The van der Waals surface area contributed by atoms with E-state index in [0.29, 0.717) is 10.6 Å². The predicted molar refractivity (Wildman–Crippen MR) is 74.6 cm³/mol. The average molecular weight is 311 g/mol. The molecule has 0 amide bonds. The van der Waals surface area contributed by atoms with Gasteiger partial charge in [-0.2, -0.15) is 0 Å². The van der Waals surface area contributed by atoms with Crippen LogP contribution < -0.4 is 4.74 Å². The average Bonchev–Trinajstić information content (AvgIpc) is 2.37. The lowest BCUT2D eigenvalue weighted by atomic mass is 10.2. The molecule has 0 radical (unpaired) electrons. The highest BCUT2D eigenvalue weighted by Crippen LogP contribution is 2.29. The Hall–Kier alpha value is -2.40. The molecule has 0 heterocycles. The molecule has 0 spiro atoms. The van der Waals surface area contributed by atoms with Crippen LogP contribution in [0.3, 0.4) is 0 Å². The van der Waals surface area contributed by atoms with Crippen LogP contribution in [0.5, 0.6) is 11.5 Å². The lowest BCUT2D eigenvalue weighted by Crippen LogP contribution is -1.91. The number of carboxylic acid groups (broad SMARTS) is 1. The third kappa shape index (κ3) is 4.29. The Morgan fingerprint density at radius 2 is 1.81 bits per heavy atom. The van der Waals surface area contributed by atoms with Crippen molar-refractivity contribution < 1.29 is 23.4 Å². The van der Waals surface area contributed by atoms with Gasteiger partial charge in [0.05, 0.1) is 0 Å². The first kappa shape index (κ1) is 15.0. The van der Waals surface area contributed by atoms with Crippen LogP contribution in [0.25, 0.3) is 6.08 Å². The van der Waals surface area contributed by atoms with Crippen molar-refractivity contribution in [3.63, 3.8) is 0 Å². The number of carboxylic acids is 1. The van der Waals surface area contributed by atoms with E-state index in [9.17, 15) is 13.6 Å². The second-order valence-electron chi connectivity index (χ2n) is 4.06. The quantitative estimate of drug-likeness (QED) is 0.845. The fourth-order valence-corrected chi connectivity index (χ4v) is 1.80. The summed E-state index contributed by atoms with van der Waals surface area (Å²) in [7, 11) is 0. The molecular weight excluding hydrogens is 302 g/mol. The molecule has 0 fully saturated rings. The van der Waals surface area contributed by atoms with Gasteiger partial charge >= 0.3 is 5.97 Å². The fourth-order valence-electron chi connectivity index (χ4n) is 1.62. The van der Waals surface area contributed by atoms with Crippen LogP contribution in [-0.2, 0) is 4.79 Å². The Bertz CT molecular complexity index is 694. The molecule has 2 aromatic carbocycles. The van der Waals surface area contributed by atoms with Crippen molar-refractivity contribution in [2.75, 3.05) is 0 Å². The minimum atomic E-state index is -1.14. The van der Waals surface area contributed by atoms with Gasteiger partial charge in [0, 0.05) is 34.9 Å².